The van der Waals surface area contributed by atoms with E-state index in [1.165, 1.54) is 12.1 Å². The normalized spacial score (nSPS) is 10.5. The molecule has 1 aromatic heterocycles. The Labute approximate surface area is 134 Å². The summed E-state index contributed by atoms with van der Waals surface area (Å²) < 4.78 is 0. The molecule has 3 rings (SSSR count). The molecule has 3 aromatic rings. The summed E-state index contributed by atoms with van der Waals surface area (Å²) in [5, 5.41) is 10.4. The third-order valence-electron chi connectivity index (χ3n) is 3.16. The van der Waals surface area contributed by atoms with Crippen LogP contribution in [0.2, 0.25) is 5.02 Å². The second-order valence-electron chi connectivity index (χ2n) is 4.73. The Morgan fingerprint density at radius 2 is 1.70 bits per heavy atom. The topological polar surface area (TPSA) is 107 Å². The molecule has 0 radical (unpaired) electrons. The van der Waals surface area contributed by atoms with Crippen LogP contribution in [-0.2, 0) is 0 Å². The predicted molar refractivity (Wildman–Crippen MR) is 89.3 cm³/mol. The quantitative estimate of drug-likeness (QED) is 0.580. The first-order valence-corrected chi connectivity index (χ1v) is 6.99. The van der Waals surface area contributed by atoms with Crippen LogP contribution in [0.5, 0.6) is 0 Å². The number of nitrogens with one attached hydrogen (secondary N) is 4. The number of carbonyl (C=O) groups excluding carboxylic acids is 1. The summed E-state index contributed by atoms with van der Waals surface area (Å²) in [6.45, 7) is 0. The lowest BCUT2D eigenvalue weighted by Gasteiger charge is -2.09. The van der Waals surface area contributed by atoms with Gasteiger partial charge in [-0.2, -0.15) is 0 Å². The van der Waals surface area contributed by atoms with Gasteiger partial charge in [-0.25, -0.2) is 4.79 Å². The van der Waals surface area contributed by atoms with E-state index in [9.17, 15) is 14.4 Å². The SMILES string of the molecule is O=C(Nc1cccc(Cl)c1)Nc1cccc2c(=O)[nH][nH]c(=O)c12. The average molecular weight is 331 g/mol. The molecular weight excluding hydrogens is 320 g/mol. The third-order valence-corrected chi connectivity index (χ3v) is 3.39. The van der Waals surface area contributed by atoms with Crippen molar-refractivity contribution < 1.29 is 4.79 Å². The molecule has 2 amide bonds. The van der Waals surface area contributed by atoms with E-state index in [0.29, 0.717) is 10.7 Å². The van der Waals surface area contributed by atoms with Gasteiger partial charge in [0.2, 0.25) is 0 Å². The number of urea groups is 1. The monoisotopic (exact) mass is 330 g/mol. The van der Waals surface area contributed by atoms with Gasteiger partial charge in [0.05, 0.1) is 16.5 Å². The average Bonchev–Trinajstić information content (AvgIpc) is 2.51. The summed E-state index contributed by atoms with van der Waals surface area (Å²) in [5.41, 5.74) is -0.215. The number of fused-ring (bicyclic) bond motifs is 1. The molecule has 1 heterocycles. The number of benzene rings is 2. The highest BCUT2D eigenvalue weighted by molar-refractivity contribution is 6.30. The lowest BCUT2D eigenvalue weighted by Crippen LogP contribution is -2.23. The zero-order chi connectivity index (χ0) is 16.4. The molecule has 0 aliphatic carbocycles. The second kappa shape index (κ2) is 5.98. The molecule has 2 aromatic carbocycles. The van der Waals surface area contributed by atoms with Gasteiger partial charge in [-0.15, -0.1) is 0 Å². The first-order valence-electron chi connectivity index (χ1n) is 6.62. The Morgan fingerprint density at radius 3 is 2.48 bits per heavy atom. The molecule has 7 nitrogen and oxygen atoms in total. The Hall–Kier alpha value is -3.06. The summed E-state index contributed by atoms with van der Waals surface area (Å²) in [6.07, 6.45) is 0. The van der Waals surface area contributed by atoms with Crippen LogP contribution in [0, 0.1) is 0 Å². The molecule has 0 saturated carbocycles. The number of halogens is 1. The number of H-pyrrole nitrogens is 2. The number of anilines is 2. The predicted octanol–water partition coefficient (Wildman–Crippen LogP) is 2.51. The molecule has 23 heavy (non-hydrogen) atoms. The van der Waals surface area contributed by atoms with E-state index >= 15 is 0 Å². The van der Waals surface area contributed by atoms with Gasteiger partial charge in [-0.3, -0.25) is 19.8 Å². The van der Waals surface area contributed by atoms with Crippen LogP contribution in [0.3, 0.4) is 0 Å². The number of aromatic nitrogens is 2. The number of carbonyl (C=O) groups is 1. The Kier molecular flexibility index (Phi) is 3.86. The maximum absolute atomic E-state index is 12.1. The maximum atomic E-state index is 12.1. The molecular formula is C15H11ClN4O3. The number of hydrogen-bond donors (Lipinski definition) is 4. The summed E-state index contributed by atoms with van der Waals surface area (Å²) in [6, 6.07) is 10.7. The molecule has 0 bridgehead atoms. The smallest absolute Gasteiger partial charge is 0.308 e. The fourth-order valence-electron chi connectivity index (χ4n) is 2.18. The van der Waals surface area contributed by atoms with Crippen molar-refractivity contribution in [3.05, 3.63) is 68.2 Å². The van der Waals surface area contributed by atoms with Crippen LogP contribution in [0.15, 0.2) is 52.1 Å². The number of hydrogen-bond acceptors (Lipinski definition) is 3. The van der Waals surface area contributed by atoms with Gasteiger partial charge in [0.15, 0.2) is 0 Å². The highest BCUT2D eigenvalue weighted by Crippen LogP contribution is 2.18. The third kappa shape index (κ3) is 3.09. The second-order valence-corrected chi connectivity index (χ2v) is 5.16. The van der Waals surface area contributed by atoms with E-state index in [1.807, 2.05) is 0 Å². The van der Waals surface area contributed by atoms with E-state index < -0.39 is 17.1 Å². The zero-order valence-electron chi connectivity index (χ0n) is 11.6. The molecule has 4 N–H and O–H groups in total. The van der Waals surface area contributed by atoms with E-state index in [-0.39, 0.29) is 16.5 Å². The van der Waals surface area contributed by atoms with Gasteiger partial charge in [0, 0.05) is 10.7 Å². The van der Waals surface area contributed by atoms with E-state index in [4.69, 9.17) is 11.6 Å². The molecule has 8 heteroatoms. The zero-order valence-corrected chi connectivity index (χ0v) is 12.4. The molecule has 0 unspecified atom stereocenters. The van der Waals surface area contributed by atoms with Gasteiger partial charge in [-0.1, -0.05) is 23.7 Å². The van der Waals surface area contributed by atoms with Crippen LogP contribution >= 0.6 is 11.6 Å². The van der Waals surface area contributed by atoms with Gasteiger partial charge in [0.1, 0.15) is 0 Å². The van der Waals surface area contributed by atoms with Crippen molar-refractivity contribution in [2.24, 2.45) is 0 Å². The minimum atomic E-state index is -0.556. The highest BCUT2D eigenvalue weighted by atomic mass is 35.5. The maximum Gasteiger partial charge on any atom is 0.323 e. The summed E-state index contributed by atoms with van der Waals surface area (Å²) in [5.74, 6) is 0. The fourth-order valence-corrected chi connectivity index (χ4v) is 2.37. The summed E-state index contributed by atoms with van der Waals surface area (Å²) >= 11 is 5.85. The molecule has 0 aliphatic rings. The minimum Gasteiger partial charge on any atom is -0.308 e. The van der Waals surface area contributed by atoms with Gasteiger partial charge in [0.25, 0.3) is 11.1 Å². The van der Waals surface area contributed by atoms with Crippen molar-refractivity contribution in [1.82, 2.24) is 10.2 Å². The standard InChI is InChI=1S/C15H11ClN4O3/c16-8-3-1-4-9(7-8)17-15(23)18-11-6-2-5-10-12(11)14(22)20-19-13(10)21/h1-7H,(H,19,21)(H,20,22)(H2,17,18,23). The van der Waals surface area contributed by atoms with E-state index in [2.05, 4.69) is 20.8 Å². The molecule has 0 saturated heterocycles. The van der Waals surface area contributed by atoms with Gasteiger partial charge in [-0.05, 0) is 30.3 Å². The lowest BCUT2D eigenvalue weighted by atomic mass is 10.1. The number of amides is 2. The van der Waals surface area contributed by atoms with Crippen molar-refractivity contribution in [2.45, 2.75) is 0 Å². The molecule has 116 valence electrons. The fraction of sp³-hybridized carbons (Fsp3) is 0. The molecule has 0 aliphatic heterocycles. The lowest BCUT2D eigenvalue weighted by molar-refractivity contribution is 0.262. The van der Waals surface area contributed by atoms with Gasteiger partial charge < -0.3 is 10.6 Å². The largest absolute Gasteiger partial charge is 0.323 e. The van der Waals surface area contributed by atoms with Crippen molar-refractivity contribution >= 4 is 39.8 Å². The molecule has 0 spiro atoms. The van der Waals surface area contributed by atoms with Crippen LogP contribution < -0.4 is 21.8 Å². The van der Waals surface area contributed by atoms with Crippen LogP contribution in [0.25, 0.3) is 10.8 Å². The Bertz CT molecular complexity index is 1010. The van der Waals surface area contributed by atoms with Crippen LogP contribution in [0.4, 0.5) is 16.2 Å². The van der Waals surface area contributed by atoms with E-state index in [1.54, 1.807) is 30.3 Å². The van der Waals surface area contributed by atoms with Crippen LogP contribution in [0.1, 0.15) is 0 Å². The van der Waals surface area contributed by atoms with Crippen LogP contribution in [-0.4, -0.2) is 16.2 Å². The summed E-state index contributed by atoms with van der Waals surface area (Å²) in [4.78, 5) is 35.7. The van der Waals surface area contributed by atoms with Crippen molar-refractivity contribution in [3.63, 3.8) is 0 Å². The van der Waals surface area contributed by atoms with Crippen molar-refractivity contribution in [2.75, 3.05) is 10.6 Å². The minimum absolute atomic E-state index is 0.109. The number of rotatable bonds is 2. The highest BCUT2D eigenvalue weighted by Gasteiger charge is 2.11. The Morgan fingerprint density at radius 1 is 0.957 bits per heavy atom. The van der Waals surface area contributed by atoms with Crippen molar-refractivity contribution in [3.8, 4) is 0 Å². The molecule has 0 fully saturated rings. The number of aromatic amines is 2. The molecule has 0 atom stereocenters. The summed E-state index contributed by atoms with van der Waals surface area (Å²) in [7, 11) is 0. The van der Waals surface area contributed by atoms with Gasteiger partial charge >= 0.3 is 6.03 Å². The van der Waals surface area contributed by atoms with Crippen molar-refractivity contribution in [1.29, 1.82) is 0 Å². The Balaban J connectivity index is 1.93. The first-order chi connectivity index (χ1) is 11.0. The van der Waals surface area contributed by atoms with E-state index in [0.717, 1.165) is 0 Å². The first kappa shape index (κ1) is 14.9.